The molecule has 1 unspecified atom stereocenters. The number of rotatable bonds is 6. The molecule has 142 valence electrons. The summed E-state index contributed by atoms with van der Waals surface area (Å²) < 4.78 is 0. The van der Waals surface area contributed by atoms with Crippen LogP contribution in [-0.4, -0.2) is 35.8 Å². The first kappa shape index (κ1) is 19.1. The van der Waals surface area contributed by atoms with E-state index in [1.54, 1.807) is 12.1 Å². The fraction of sp³-hybridized carbons (Fsp3) is 0.364. The van der Waals surface area contributed by atoms with E-state index in [9.17, 15) is 9.59 Å². The van der Waals surface area contributed by atoms with E-state index in [4.69, 9.17) is 0 Å². The van der Waals surface area contributed by atoms with Gasteiger partial charge in [0.1, 0.15) is 0 Å². The number of hydrogen-bond donors (Lipinski definition) is 2. The summed E-state index contributed by atoms with van der Waals surface area (Å²) in [5.41, 5.74) is 4.43. The van der Waals surface area contributed by atoms with Gasteiger partial charge in [-0.1, -0.05) is 36.4 Å². The van der Waals surface area contributed by atoms with Crippen molar-refractivity contribution in [2.24, 2.45) is 0 Å². The molecule has 2 aromatic carbocycles. The molecule has 2 aromatic rings. The fourth-order valence-electron chi connectivity index (χ4n) is 3.37. The van der Waals surface area contributed by atoms with Crippen LogP contribution in [0.5, 0.6) is 0 Å². The van der Waals surface area contributed by atoms with Crippen molar-refractivity contribution in [3.05, 3.63) is 70.8 Å². The number of carbonyl (C=O) groups excluding carboxylic acids is 2. The van der Waals surface area contributed by atoms with E-state index in [2.05, 4.69) is 46.7 Å². The Balaban J connectivity index is 1.49. The van der Waals surface area contributed by atoms with Crippen molar-refractivity contribution in [2.45, 2.75) is 39.4 Å². The number of fused-ring (bicyclic) bond motifs is 1. The van der Waals surface area contributed by atoms with Crippen molar-refractivity contribution in [1.29, 1.82) is 0 Å². The first-order valence-electron chi connectivity index (χ1n) is 9.45. The van der Waals surface area contributed by atoms with Crippen molar-refractivity contribution in [2.75, 3.05) is 13.1 Å². The summed E-state index contributed by atoms with van der Waals surface area (Å²) in [4.78, 5) is 25.8. The Morgan fingerprint density at radius 1 is 1.04 bits per heavy atom. The molecule has 1 heterocycles. The molecule has 5 heteroatoms. The van der Waals surface area contributed by atoms with Gasteiger partial charge in [-0.2, -0.15) is 0 Å². The molecule has 2 N–H and O–H groups in total. The van der Waals surface area contributed by atoms with Crippen LogP contribution in [0.2, 0.25) is 0 Å². The number of carbonyl (C=O) groups is 2. The molecular formula is C22H27N3O2. The standard InChI is InChI=1S/C22H27N3O2/c1-16(25-12-11-19-5-3-4-6-21(19)15-25)13-24-22(27)20-9-7-18(8-10-20)14-23-17(2)26/h3-10,16H,11-15H2,1-2H3,(H,23,26)(H,24,27). The van der Waals surface area contributed by atoms with Crippen LogP contribution in [0.3, 0.4) is 0 Å². The number of nitrogens with zero attached hydrogens (tertiary/aromatic N) is 1. The Labute approximate surface area is 160 Å². The summed E-state index contributed by atoms with van der Waals surface area (Å²) >= 11 is 0. The third-order valence-electron chi connectivity index (χ3n) is 5.10. The number of nitrogens with one attached hydrogen (secondary N) is 2. The second kappa shape index (κ2) is 8.82. The molecule has 3 rings (SSSR count). The lowest BCUT2D eigenvalue weighted by atomic mass is 9.99. The maximum atomic E-state index is 12.4. The predicted molar refractivity (Wildman–Crippen MR) is 106 cm³/mol. The van der Waals surface area contributed by atoms with Gasteiger partial charge in [-0.15, -0.1) is 0 Å². The van der Waals surface area contributed by atoms with Crippen LogP contribution >= 0.6 is 0 Å². The molecule has 0 radical (unpaired) electrons. The van der Waals surface area contributed by atoms with Gasteiger partial charge in [-0.05, 0) is 42.2 Å². The lowest BCUT2D eigenvalue weighted by molar-refractivity contribution is -0.119. The number of benzene rings is 2. The highest BCUT2D eigenvalue weighted by Gasteiger charge is 2.20. The van der Waals surface area contributed by atoms with Gasteiger partial charge in [0.15, 0.2) is 0 Å². The SMILES string of the molecule is CC(=O)NCc1ccc(C(=O)NCC(C)N2CCc3ccccc3C2)cc1. The topological polar surface area (TPSA) is 61.4 Å². The van der Waals surface area contributed by atoms with Gasteiger partial charge >= 0.3 is 0 Å². The maximum absolute atomic E-state index is 12.4. The lowest BCUT2D eigenvalue weighted by Gasteiger charge is -2.33. The predicted octanol–water partition coefficient (Wildman–Crippen LogP) is 2.50. The monoisotopic (exact) mass is 365 g/mol. The number of amides is 2. The van der Waals surface area contributed by atoms with E-state index >= 15 is 0 Å². The van der Waals surface area contributed by atoms with Crippen molar-refractivity contribution >= 4 is 11.8 Å². The minimum atomic E-state index is -0.0645. The minimum Gasteiger partial charge on any atom is -0.352 e. The molecule has 1 aliphatic heterocycles. The molecule has 0 fully saturated rings. The van der Waals surface area contributed by atoms with Gasteiger partial charge in [0.05, 0.1) is 0 Å². The van der Waals surface area contributed by atoms with Crippen LogP contribution < -0.4 is 10.6 Å². The third kappa shape index (κ3) is 5.17. The zero-order valence-corrected chi connectivity index (χ0v) is 16.0. The van der Waals surface area contributed by atoms with Gasteiger partial charge < -0.3 is 10.6 Å². The molecule has 0 saturated carbocycles. The van der Waals surface area contributed by atoms with E-state index in [-0.39, 0.29) is 17.9 Å². The highest BCUT2D eigenvalue weighted by molar-refractivity contribution is 5.94. The van der Waals surface area contributed by atoms with Gasteiger partial charge in [0, 0.05) is 44.7 Å². The molecule has 5 nitrogen and oxygen atoms in total. The fourth-order valence-corrected chi connectivity index (χ4v) is 3.37. The van der Waals surface area contributed by atoms with E-state index in [0.29, 0.717) is 18.7 Å². The second-order valence-corrected chi connectivity index (χ2v) is 7.15. The lowest BCUT2D eigenvalue weighted by Crippen LogP contribution is -2.44. The van der Waals surface area contributed by atoms with Crippen LogP contribution in [0.25, 0.3) is 0 Å². The van der Waals surface area contributed by atoms with Gasteiger partial charge in [0.25, 0.3) is 5.91 Å². The van der Waals surface area contributed by atoms with Crippen LogP contribution in [0, 0.1) is 0 Å². The maximum Gasteiger partial charge on any atom is 0.251 e. The molecule has 0 aliphatic carbocycles. The first-order chi connectivity index (χ1) is 13.0. The quantitative estimate of drug-likeness (QED) is 0.827. The summed E-state index contributed by atoms with van der Waals surface area (Å²) in [6.07, 6.45) is 1.06. The summed E-state index contributed by atoms with van der Waals surface area (Å²) in [6, 6.07) is 16.2. The Bertz CT molecular complexity index is 801. The summed E-state index contributed by atoms with van der Waals surface area (Å²) in [7, 11) is 0. The minimum absolute atomic E-state index is 0.0638. The Morgan fingerprint density at radius 2 is 1.74 bits per heavy atom. The molecule has 0 bridgehead atoms. The molecular weight excluding hydrogens is 338 g/mol. The molecule has 0 saturated heterocycles. The van der Waals surface area contributed by atoms with Crippen LogP contribution in [0.4, 0.5) is 0 Å². The van der Waals surface area contributed by atoms with Crippen LogP contribution in [-0.2, 0) is 24.3 Å². The molecule has 27 heavy (non-hydrogen) atoms. The zero-order chi connectivity index (χ0) is 19.2. The van der Waals surface area contributed by atoms with Crippen molar-refractivity contribution in [3.63, 3.8) is 0 Å². The Kier molecular flexibility index (Phi) is 6.24. The van der Waals surface area contributed by atoms with E-state index in [1.807, 2.05) is 12.1 Å². The summed E-state index contributed by atoms with van der Waals surface area (Å²) in [5, 5.41) is 5.79. The van der Waals surface area contributed by atoms with Crippen molar-refractivity contribution < 1.29 is 9.59 Å². The number of hydrogen-bond acceptors (Lipinski definition) is 3. The first-order valence-corrected chi connectivity index (χ1v) is 9.45. The second-order valence-electron chi connectivity index (χ2n) is 7.15. The van der Waals surface area contributed by atoms with Crippen molar-refractivity contribution in [3.8, 4) is 0 Å². The highest BCUT2D eigenvalue weighted by atomic mass is 16.2. The van der Waals surface area contributed by atoms with Gasteiger partial charge in [-0.3, -0.25) is 14.5 Å². The zero-order valence-electron chi connectivity index (χ0n) is 16.0. The van der Waals surface area contributed by atoms with Crippen LogP contribution in [0.1, 0.15) is 40.9 Å². The third-order valence-corrected chi connectivity index (χ3v) is 5.10. The smallest absolute Gasteiger partial charge is 0.251 e. The van der Waals surface area contributed by atoms with E-state index in [0.717, 1.165) is 25.1 Å². The Morgan fingerprint density at radius 3 is 2.44 bits per heavy atom. The largest absolute Gasteiger partial charge is 0.352 e. The molecule has 0 spiro atoms. The Hall–Kier alpha value is -2.66. The summed E-state index contributed by atoms with van der Waals surface area (Å²) in [6.45, 7) is 6.70. The summed E-state index contributed by atoms with van der Waals surface area (Å²) in [5.74, 6) is -0.128. The van der Waals surface area contributed by atoms with Crippen LogP contribution in [0.15, 0.2) is 48.5 Å². The molecule has 2 amide bonds. The van der Waals surface area contributed by atoms with Gasteiger partial charge in [-0.25, -0.2) is 0 Å². The normalized spacial score (nSPS) is 14.9. The van der Waals surface area contributed by atoms with Gasteiger partial charge in [0.2, 0.25) is 5.91 Å². The molecule has 1 atom stereocenters. The average molecular weight is 365 g/mol. The van der Waals surface area contributed by atoms with E-state index < -0.39 is 0 Å². The van der Waals surface area contributed by atoms with E-state index in [1.165, 1.54) is 18.1 Å². The highest BCUT2D eigenvalue weighted by Crippen LogP contribution is 2.20. The molecule has 1 aliphatic rings. The van der Waals surface area contributed by atoms with Crippen molar-refractivity contribution in [1.82, 2.24) is 15.5 Å². The average Bonchev–Trinajstić information content (AvgIpc) is 2.70. The molecule has 0 aromatic heterocycles.